The van der Waals surface area contributed by atoms with Crippen LogP contribution in [-0.4, -0.2) is 49.6 Å². The molecule has 0 spiro atoms. The van der Waals surface area contributed by atoms with Crippen LogP contribution in [0.4, 0.5) is 4.39 Å². The topological polar surface area (TPSA) is 53.6 Å². The summed E-state index contributed by atoms with van der Waals surface area (Å²) in [5, 5.41) is 6.33. The maximum Gasteiger partial charge on any atom is 0.234 e. The van der Waals surface area contributed by atoms with Gasteiger partial charge in [0.1, 0.15) is 11.6 Å². The maximum absolute atomic E-state index is 13.6. The highest BCUT2D eigenvalue weighted by atomic mass is 19.1. The van der Waals surface area contributed by atoms with Crippen molar-refractivity contribution in [2.45, 2.75) is 32.4 Å². The highest BCUT2D eigenvalue weighted by Crippen LogP contribution is 2.22. The van der Waals surface area contributed by atoms with Crippen LogP contribution in [0.1, 0.15) is 31.0 Å². The molecule has 2 aromatic rings. The molecule has 1 atom stereocenters. The van der Waals surface area contributed by atoms with Crippen LogP contribution in [0.2, 0.25) is 0 Å². The van der Waals surface area contributed by atoms with Gasteiger partial charge in [0.25, 0.3) is 0 Å². The van der Waals surface area contributed by atoms with Crippen LogP contribution < -0.4 is 15.4 Å². The van der Waals surface area contributed by atoms with Crippen LogP contribution in [0, 0.1) is 5.82 Å². The molecule has 1 fully saturated rings. The minimum Gasteiger partial charge on any atom is -0.491 e. The number of benzene rings is 2. The molecule has 1 aliphatic rings. The Morgan fingerprint density at radius 1 is 1.28 bits per heavy atom. The lowest BCUT2D eigenvalue weighted by Gasteiger charge is -2.36. The fraction of sp³-hybridized carbons (Fsp3) is 0.435. The minimum absolute atomic E-state index is 0.00120. The second-order valence-electron chi connectivity index (χ2n) is 7.66. The van der Waals surface area contributed by atoms with Crippen LogP contribution in [-0.2, 0) is 11.2 Å². The van der Waals surface area contributed by atoms with Crippen LogP contribution >= 0.6 is 0 Å². The number of rotatable bonds is 8. The largest absolute Gasteiger partial charge is 0.491 e. The summed E-state index contributed by atoms with van der Waals surface area (Å²) < 4.78 is 19.2. The third-order valence-corrected chi connectivity index (χ3v) is 4.97. The van der Waals surface area contributed by atoms with E-state index in [0.29, 0.717) is 19.6 Å². The van der Waals surface area contributed by atoms with Gasteiger partial charge in [0.15, 0.2) is 0 Å². The van der Waals surface area contributed by atoms with Crippen molar-refractivity contribution in [3.63, 3.8) is 0 Å². The SMILES string of the molecule is CC(C)Oc1ccc(CCNC(=O)CN2CCNCC2c2cccc(F)c2)cc1. The van der Waals surface area contributed by atoms with Crippen molar-refractivity contribution in [2.75, 3.05) is 32.7 Å². The standard InChI is InChI=1S/C23H30FN3O2/c1-17(2)29-21-8-6-18(7-9-21)10-11-26-23(28)16-27-13-12-25-15-22(27)19-4-3-5-20(24)14-19/h3-9,14,17,22,25H,10-13,15-16H2,1-2H3,(H,26,28). The first-order valence-electron chi connectivity index (χ1n) is 10.2. The summed E-state index contributed by atoms with van der Waals surface area (Å²) in [4.78, 5) is 14.6. The first-order valence-corrected chi connectivity index (χ1v) is 10.2. The first kappa shape index (κ1) is 21.3. The molecule has 0 saturated carbocycles. The van der Waals surface area contributed by atoms with Gasteiger partial charge in [0.2, 0.25) is 5.91 Å². The number of amides is 1. The molecule has 2 aromatic carbocycles. The Labute approximate surface area is 172 Å². The molecular formula is C23H30FN3O2. The van der Waals surface area contributed by atoms with E-state index in [0.717, 1.165) is 36.4 Å². The fourth-order valence-corrected chi connectivity index (χ4v) is 3.57. The van der Waals surface area contributed by atoms with Gasteiger partial charge in [-0.05, 0) is 55.7 Å². The lowest BCUT2D eigenvalue weighted by molar-refractivity contribution is -0.123. The quantitative estimate of drug-likeness (QED) is 0.717. The molecule has 1 saturated heterocycles. The molecule has 29 heavy (non-hydrogen) atoms. The van der Waals surface area contributed by atoms with E-state index in [2.05, 4.69) is 15.5 Å². The summed E-state index contributed by atoms with van der Waals surface area (Å²) >= 11 is 0. The lowest BCUT2D eigenvalue weighted by atomic mass is 10.0. The van der Waals surface area contributed by atoms with Gasteiger partial charge in [-0.2, -0.15) is 0 Å². The highest BCUT2D eigenvalue weighted by Gasteiger charge is 2.25. The zero-order valence-corrected chi connectivity index (χ0v) is 17.2. The van der Waals surface area contributed by atoms with E-state index in [1.165, 1.54) is 6.07 Å². The zero-order valence-electron chi connectivity index (χ0n) is 17.2. The van der Waals surface area contributed by atoms with E-state index in [1.807, 2.05) is 44.2 Å². The summed E-state index contributed by atoms with van der Waals surface area (Å²) in [5.41, 5.74) is 2.05. The highest BCUT2D eigenvalue weighted by molar-refractivity contribution is 5.78. The van der Waals surface area contributed by atoms with Crippen LogP contribution in [0.15, 0.2) is 48.5 Å². The molecule has 0 radical (unpaired) electrons. The summed E-state index contributed by atoms with van der Waals surface area (Å²) in [6.07, 6.45) is 0.920. The number of hydrogen-bond donors (Lipinski definition) is 2. The minimum atomic E-state index is -0.248. The second-order valence-corrected chi connectivity index (χ2v) is 7.66. The number of hydrogen-bond acceptors (Lipinski definition) is 4. The fourth-order valence-electron chi connectivity index (χ4n) is 3.57. The first-order chi connectivity index (χ1) is 14.0. The molecule has 156 valence electrons. The van der Waals surface area contributed by atoms with E-state index in [9.17, 15) is 9.18 Å². The lowest BCUT2D eigenvalue weighted by Crippen LogP contribution is -2.49. The van der Waals surface area contributed by atoms with Crippen molar-refractivity contribution >= 4 is 5.91 Å². The molecule has 0 aromatic heterocycles. The number of ether oxygens (including phenoxy) is 1. The van der Waals surface area contributed by atoms with E-state index < -0.39 is 0 Å². The van der Waals surface area contributed by atoms with Crippen molar-refractivity contribution < 1.29 is 13.9 Å². The Balaban J connectivity index is 1.48. The van der Waals surface area contributed by atoms with Gasteiger partial charge in [0, 0.05) is 32.2 Å². The summed E-state index contributed by atoms with van der Waals surface area (Å²) in [7, 11) is 0. The summed E-state index contributed by atoms with van der Waals surface area (Å²) in [6.45, 7) is 7.18. The van der Waals surface area contributed by atoms with Crippen molar-refractivity contribution in [1.82, 2.24) is 15.5 Å². The number of carbonyl (C=O) groups excluding carboxylic acids is 1. The van der Waals surface area contributed by atoms with Gasteiger partial charge in [-0.3, -0.25) is 9.69 Å². The average molecular weight is 400 g/mol. The Morgan fingerprint density at radius 2 is 2.07 bits per heavy atom. The van der Waals surface area contributed by atoms with Crippen molar-refractivity contribution in [3.8, 4) is 5.75 Å². The molecule has 2 N–H and O–H groups in total. The van der Waals surface area contributed by atoms with Gasteiger partial charge in [0.05, 0.1) is 12.6 Å². The predicted molar refractivity (Wildman–Crippen MR) is 113 cm³/mol. The average Bonchev–Trinajstić information content (AvgIpc) is 2.69. The molecular weight excluding hydrogens is 369 g/mol. The molecule has 5 nitrogen and oxygen atoms in total. The van der Waals surface area contributed by atoms with Crippen molar-refractivity contribution in [3.05, 3.63) is 65.5 Å². The molecule has 1 unspecified atom stereocenters. The van der Waals surface area contributed by atoms with E-state index in [1.54, 1.807) is 12.1 Å². The van der Waals surface area contributed by atoms with Crippen LogP contribution in [0.3, 0.4) is 0 Å². The smallest absolute Gasteiger partial charge is 0.234 e. The third kappa shape index (κ3) is 6.54. The van der Waals surface area contributed by atoms with Gasteiger partial charge in [-0.25, -0.2) is 4.39 Å². The normalized spacial score (nSPS) is 17.3. The summed E-state index contributed by atoms with van der Waals surface area (Å²) in [5.74, 6) is 0.602. The third-order valence-electron chi connectivity index (χ3n) is 4.97. The molecule has 6 heteroatoms. The Morgan fingerprint density at radius 3 is 2.79 bits per heavy atom. The number of halogens is 1. The molecule has 3 rings (SSSR count). The molecule has 1 heterocycles. The summed E-state index contributed by atoms with van der Waals surface area (Å²) in [6, 6.07) is 14.6. The molecule has 1 aliphatic heterocycles. The molecule has 0 bridgehead atoms. The van der Waals surface area contributed by atoms with E-state index in [-0.39, 0.29) is 23.9 Å². The van der Waals surface area contributed by atoms with Gasteiger partial charge < -0.3 is 15.4 Å². The second kappa shape index (κ2) is 10.4. The Kier molecular flexibility index (Phi) is 7.61. The number of nitrogens with zero attached hydrogens (tertiary/aromatic N) is 1. The zero-order chi connectivity index (χ0) is 20.6. The van der Waals surface area contributed by atoms with E-state index in [4.69, 9.17) is 4.74 Å². The molecule has 0 aliphatic carbocycles. The maximum atomic E-state index is 13.6. The monoisotopic (exact) mass is 399 g/mol. The van der Waals surface area contributed by atoms with Crippen molar-refractivity contribution in [1.29, 1.82) is 0 Å². The Bertz CT molecular complexity index is 795. The number of nitrogens with one attached hydrogen (secondary N) is 2. The van der Waals surface area contributed by atoms with Gasteiger partial charge in [-0.15, -0.1) is 0 Å². The molecule has 1 amide bonds. The van der Waals surface area contributed by atoms with E-state index >= 15 is 0 Å². The van der Waals surface area contributed by atoms with Gasteiger partial charge in [-0.1, -0.05) is 24.3 Å². The van der Waals surface area contributed by atoms with Gasteiger partial charge >= 0.3 is 0 Å². The predicted octanol–water partition coefficient (Wildman–Crippen LogP) is 2.92. The van der Waals surface area contributed by atoms with Crippen LogP contribution in [0.25, 0.3) is 0 Å². The Hall–Kier alpha value is -2.44. The van der Waals surface area contributed by atoms with Crippen LogP contribution in [0.5, 0.6) is 5.75 Å². The number of carbonyl (C=O) groups is 1. The van der Waals surface area contributed by atoms with Crippen molar-refractivity contribution in [2.24, 2.45) is 0 Å². The number of piperazine rings is 1.